The van der Waals surface area contributed by atoms with Gasteiger partial charge in [-0.15, -0.1) is 0 Å². The smallest absolute Gasteiger partial charge is 0.339 e. The second kappa shape index (κ2) is 8.88. The summed E-state index contributed by atoms with van der Waals surface area (Å²) in [6, 6.07) is 11.4. The molecule has 0 radical (unpaired) electrons. The van der Waals surface area contributed by atoms with Crippen LogP contribution in [0.4, 0.5) is 0 Å². The van der Waals surface area contributed by atoms with E-state index in [4.69, 9.17) is 4.74 Å². The number of pyridine rings is 1. The van der Waals surface area contributed by atoms with Crippen molar-refractivity contribution in [2.24, 2.45) is 0 Å². The predicted molar refractivity (Wildman–Crippen MR) is 117 cm³/mol. The molecule has 1 aliphatic heterocycles. The van der Waals surface area contributed by atoms with Crippen molar-refractivity contribution < 1.29 is 14.6 Å². The Morgan fingerprint density at radius 1 is 1.20 bits per heavy atom. The molecule has 6 heteroatoms. The minimum Gasteiger partial charge on any atom is -0.491 e. The molecule has 0 bridgehead atoms. The number of piperidine rings is 1. The van der Waals surface area contributed by atoms with Crippen LogP contribution in [0.25, 0.3) is 11.0 Å². The molecule has 1 aliphatic rings. The standard InChI is InChI=1S/C24H29N3O3/c1-17(2)27-16-21(19-7-5-11-25-23(19)27)18-9-12-26(13-10-18)14-15-30-22-8-4-3-6-20(22)24(28)29/h3-8,11,16-18H,9-10,12-15H2,1-2H3,(H,28,29). The van der Waals surface area contributed by atoms with Crippen molar-refractivity contribution in [1.82, 2.24) is 14.5 Å². The summed E-state index contributed by atoms with van der Waals surface area (Å²) in [7, 11) is 0. The van der Waals surface area contributed by atoms with Crippen molar-refractivity contribution in [2.45, 2.75) is 38.6 Å². The number of rotatable bonds is 7. The normalized spacial score (nSPS) is 15.7. The largest absolute Gasteiger partial charge is 0.491 e. The second-order valence-corrected chi connectivity index (χ2v) is 8.23. The summed E-state index contributed by atoms with van der Waals surface area (Å²) < 4.78 is 8.05. The number of hydrogen-bond acceptors (Lipinski definition) is 4. The maximum atomic E-state index is 11.3. The zero-order valence-corrected chi connectivity index (χ0v) is 17.6. The zero-order chi connectivity index (χ0) is 21.1. The number of fused-ring (bicyclic) bond motifs is 1. The Kier molecular flexibility index (Phi) is 6.04. The summed E-state index contributed by atoms with van der Waals surface area (Å²) in [5.41, 5.74) is 2.71. The van der Waals surface area contributed by atoms with E-state index in [1.54, 1.807) is 24.3 Å². The Hall–Kier alpha value is -2.86. The van der Waals surface area contributed by atoms with Gasteiger partial charge >= 0.3 is 5.97 Å². The molecule has 3 heterocycles. The summed E-state index contributed by atoms with van der Waals surface area (Å²) >= 11 is 0. The van der Waals surface area contributed by atoms with Crippen LogP contribution in [0.2, 0.25) is 0 Å². The number of carbonyl (C=O) groups is 1. The first-order valence-electron chi connectivity index (χ1n) is 10.7. The van der Waals surface area contributed by atoms with Crippen molar-refractivity contribution in [3.63, 3.8) is 0 Å². The summed E-state index contributed by atoms with van der Waals surface area (Å²) in [5.74, 6) is 0.0250. The lowest BCUT2D eigenvalue weighted by Crippen LogP contribution is -2.35. The van der Waals surface area contributed by atoms with Crippen molar-refractivity contribution in [3.05, 3.63) is 59.9 Å². The Bertz CT molecular complexity index is 1020. The number of para-hydroxylation sites is 1. The first-order chi connectivity index (χ1) is 14.5. The van der Waals surface area contributed by atoms with E-state index in [0.717, 1.165) is 38.1 Å². The SMILES string of the molecule is CC(C)n1cc(C2CCN(CCOc3ccccc3C(=O)O)CC2)c2cccnc21. The number of carboxylic acid groups (broad SMARTS) is 1. The Morgan fingerprint density at radius 3 is 2.70 bits per heavy atom. The molecule has 6 nitrogen and oxygen atoms in total. The molecular weight excluding hydrogens is 378 g/mol. The predicted octanol–water partition coefficient (Wildman–Crippen LogP) is 4.57. The van der Waals surface area contributed by atoms with E-state index in [2.05, 4.69) is 40.6 Å². The molecule has 0 unspecified atom stereocenters. The van der Waals surface area contributed by atoms with Crippen LogP contribution in [0.15, 0.2) is 48.8 Å². The first kappa shape index (κ1) is 20.4. The quantitative estimate of drug-likeness (QED) is 0.621. The lowest BCUT2D eigenvalue weighted by Gasteiger charge is -2.31. The fourth-order valence-electron chi connectivity index (χ4n) is 4.35. The van der Waals surface area contributed by atoms with E-state index in [-0.39, 0.29) is 5.56 Å². The van der Waals surface area contributed by atoms with Crippen molar-refractivity contribution in [1.29, 1.82) is 0 Å². The molecule has 1 aromatic carbocycles. The number of carboxylic acids is 1. The van der Waals surface area contributed by atoms with Crippen LogP contribution in [-0.4, -0.2) is 51.8 Å². The van der Waals surface area contributed by atoms with Crippen molar-refractivity contribution >= 4 is 17.0 Å². The highest BCUT2D eigenvalue weighted by molar-refractivity contribution is 5.90. The monoisotopic (exact) mass is 407 g/mol. The van der Waals surface area contributed by atoms with Crippen LogP contribution in [0.3, 0.4) is 0 Å². The summed E-state index contributed by atoms with van der Waals surface area (Å²) in [6.07, 6.45) is 6.39. The van der Waals surface area contributed by atoms with Gasteiger partial charge in [0.25, 0.3) is 0 Å². The molecule has 0 aliphatic carbocycles. The summed E-state index contributed by atoms with van der Waals surface area (Å²) in [5, 5.41) is 10.5. The summed E-state index contributed by atoms with van der Waals surface area (Å²) in [6.45, 7) is 7.72. The van der Waals surface area contributed by atoms with Gasteiger partial charge in [0.05, 0.1) is 0 Å². The van der Waals surface area contributed by atoms with E-state index in [1.165, 1.54) is 10.9 Å². The van der Waals surface area contributed by atoms with Gasteiger partial charge in [-0.05, 0) is 75.5 Å². The van der Waals surface area contributed by atoms with E-state index < -0.39 is 5.97 Å². The Balaban J connectivity index is 1.35. The topological polar surface area (TPSA) is 67.6 Å². The molecule has 1 fully saturated rings. The number of aromatic carboxylic acids is 1. The van der Waals surface area contributed by atoms with E-state index >= 15 is 0 Å². The van der Waals surface area contributed by atoms with Crippen LogP contribution in [0, 0.1) is 0 Å². The Labute approximate surface area is 177 Å². The van der Waals surface area contributed by atoms with Gasteiger partial charge in [-0.2, -0.15) is 0 Å². The maximum Gasteiger partial charge on any atom is 0.339 e. The van der Waals surface area contributed by atoms with Crippen molar-refractivity contribution in [3.8, 4) is 5.75 Å². The molecule has 3 aromatic rings. The third-order valence-corrected chi connectivity index (χ3v) is 5.99. The maximum absolute atomic E-state index is 11.3. The average molecular weight is 408 g/mol. The highest BCUT2D eigenvalue weighted by Gasteiger charge is 2.24. The van der Waals surface area contributed by atoms with E-state index in [0.29, 0.717) is 24.3 Å². The fourth-order valence-corrected chi connectivity index (χ4v) is 4.35. The lowest BCUT2D eigenvalue weighted by atomic mass is 9.89. The van der Waals surface area contributed by atoms with Crippen LogP contribution < -0.4 is 4.74 Å². The highest BCUT2D eigenvalue weighted by Crippen LogP contribution is 2.34. The molecule has 1 N–H and O–H groups in total. The molecule has 30 heavy (non-hydrogen) atoms. The van der Waals surface area contributed by atoms with Gasteiger partial charge in [0, 0.05) is 30.4 Å². The highest BCUT2D eigenvalue weighted by atomic mass is 16.5. The molecule has 0 saturated carbocycles. The third kappa shape index (κ3) is 4.19. The minimum atomic E-state index is -0.957. The van der Waals surface area contributed by atoms with Gasteiger partial charge in [-0.1, -0.05) is 12.1 Å². The van der Waals surface area contributed by atoms with Gasteiger partial charge in [0.15, 0.2) is 0 Å². The second-order valence-electron chi connectivity index (χ2n) is 8.23. The van der Waals surface area contributed by atoms with Gasteiger partial charge in [0.2, 0.25) is 0 Å². The molecular formula is C24H29N3O3. The molecule has 2 aromatic heterocycles. The van der Waals surface area contributed by atoms with Gasteiger partial charge in [-0.3, -0.25) is 4.90 Å². The fraction of sp³-hybridized carbons (Fsp3) is 0.417. The third-order valence-electron chi connectivity index (χ3n) is 5.99. The number of hydrogen-bond donors (Lipinski definition) is 1. The number of likely N-dealkylation sites (tertiary alicyclic amines) is 1. The van der Waals surface area contributed by atoms with Crippen LogP contribution in [-0.2, 0) is 0 Å². The molecule has 4 rings (SSSR count). The number of benzene rings is 1. The number of nitrogens with zero attached hydrogens (tertiary/aromatic N) is 3. The van der Waals surface area contributed by atoms with E-state index in [9.17, 15) is 9.90 Å². The summed E-state index contributed by atoms with van der Waals surface area (Å²) in [4.78, 5) is 18.3. The van der Waals surface area contributed by atoms with Gasteiger partial charge in [0.1, 0.15) is 23.6 Å². The van der Waals surface area contributed by atoms with Gasteiger partial charge < -0.3 is 14.4 Å². The number of ether oxygens (including phenoxy) is 1. The average Bonchev–Trinajstić information content (AvgIpc) is 3.15. The van der Waals surface area contributed by atoms with Gasteiger partial charge in [-0.25, -0.2) is 9.78 Å². The van der Waals surface area contributed by atoms with E-state index in [1.807, 2.05) is 12.3 Å². The van der Waals surface area contributed by atoms with Crippen LogP contribution in [0.5, 0.6) is 5.75 Å². The molecule has 1 saturated heterocycles. The molecule has 0 atom stereocenters. The minimum absolute atomic E-state index is 0.214. The number of aromatic nitrogens is 2. The van der Waals surface area contributed by atoms with Crippen molar-refractivity contribution in [2.75, 3.05) is 26.2 Å². The molecule has 0 amide bonds. The molecule has 0 spiro atoms. The first-order valence-corrected chi connectivity index (χ1v) is 10.7. The van der Waals surface area contributed by atoms with Crippen LogP contribution >= 0.6 is 0 Å². The zero-order valence-electron chi connectivity index (χ0n) is 17.6. The van der Waals surface area contributed by atoms with Crippen LogP contribution in [0.1, 0.15) is 54.6 Å². The lowest BCUT2D eigenvalue weighted by molar-refractivity contribution is 0.0691. The Morgan fingerprint density at radius 2 is 1.97 bits per heavy atom. The molecule has 158 valence electrons.